The number of hydrogen-bond donors (Lipinski definition) is 1. The molecule has 5 heteroatoms. The monoisotopic (exact) mass is 415 g/mol. The summed E-state index contributed by atoms with van der Waals surface area (Å²) in [6.45, 7) is 0.806. The van der Waals surface area contributed by atoms with E-state index >= 15 is 0 Å². The Labute approximate surface area is 159 Å². The Hall–Kier alpha value is -1.69. The highest BCUT2D eigenvalue weighted by Gasteiger charge is 2.37. The third-order valence-corrected chi connectivity index (χ3v) is 6.57. The predicted octanol–water partition coefficient (Wildman–Crippen LogP) is 5.30. The third kappa shape index (κ3) is 3.12. The van der Waals surface area contributed by atoms with Crippen molar-refractivity contribution in [2.45, 2.75) is 24.9 Å². The van der Waals surface area contributed by atoms with Gasteiger partial charge in [-0.25, -0.2) is 0 Å². The van der Waals surface area contributed by atoms with Crippen LogP contribution in [0.15, 0.2) is 58.4 Å². The first-order valence-corrected chi connectivity index (χ1v) is 9.97. The van der Waals surface area contributed by atoms with E-state index in [0.717, 1.165) is 16.8 Å². The number of rotatable bonds is 4. The van der Waals surface area contributed by atoms with E-state index in [4.69, 9.17) is 0 Å². The van der Waals surface area contributed by atoms with Crippen molar-refractivity contribution in [1.82, 2.24) is 4.90 Å². The van der Waals surface area contributed by atoms with Gasteiger partial charge in [0.15, 0.2) is 0 Å². The Balaban J connectivity index is 1.90. The van der Waals surface area contributed by atoms with Gasteiger partial charge < -0.3 is 5.11 Å². The van der Waals surface area contributed by atoms with Crippen molar-refractivity contribution in [3.8, 4) is 0 Å². The van der Waals surface area contributed by atoms with Crippen molar-refractivity contribution >= 4 is 44.0 Å². The molecule has 1 saturated heterocycles. The molecule has 0 bridgehead atoms. The fourth-order valence-electron chi connectivity index (χ4n) is 3.82. The molecule has 4 rings (SSSR count). The summed E-state index contributed by atoms with van der Waals surface area (Å²) >= 11 is 5.24. The van der Waals surface area contributed by atoms with Gasteiger partial charge >= 0.3 is 5.97 Å². The molecule has 3 aromatic rings. The Morgan fingerprint density at radius 1 is 1.16 bits per heavy atom. The molecule has 2 aromatic carbocycles. The molecule has 1 aliphatic heterocycles. The van der Waals surface area contributed by atoms with Crippen LogP contribution < -0.4 is 0 Å². The van der Waals surface area contributed by atoms with E-state index in [0.29, 0.717) is 6.42 Å². The van der Waals surface area contributed by atoms with E-state index in [2.05, 4.69) is 57.2 Å². The summed E-state index contributed by atoms with van der Waals surface area (Å²) < 4.78 is 1.07. The van der Waals surface area contributed by atoms with E-state index in [1.165, 1.54) is 21.2 Å². The zero-order chi connectivity index (χ0) is 17.4. The van der Waals surface area contributed by atoms with E-state index in [1.54, 1.807) is 11.3 Å². The lowest BCUT2D eigenvalue weighted by molar-refractivity contribution is -0.142. The summed E-state index contributed by atoms with van der Waals surface area (Å²) in [7, 11) is 0. The smallest absolute Gasteiger partial charge is 0.320 e. The second kappa shape index (κ2) is 6.90. The quantitative estimate of drug-likeness (QED) is 0.627. The minimum absolute atomic E-state index is 0.0361. The maximum atomic E-state index is 11.8. The first-order chi connectivity index (χ1) is 12.1. The Bertz CT molecular complexity index is 917. The summed E-state index contributed by atoms with van der Waals surface area (Å²) in [4.78, 5) is 15.1. The molecule has 25 heavy (non-hydrogen) atoms. The minimum atomic E-state index is -0.724. The molecule has 0 radical (unpaired) electrons. The average molecular weight is 416 g/mol. The predicted molar refractivity (Wildman–Crippen MR) is 105 cm³/mol. The molecule has 2 heterocycles. The van der Waals surface area contributed by atoms with Crippen LogP contribution in [0.4, 0.5) is 0 Å². The lowest BCUT2D eigenvalue weighted by Crippen LogP contribution is -2.39. The SMILES string of the molecule is O=C(O)C1CCCN1C(c1ccc(Br)s1)c1cccc2ccccc12. The molecule has 0 amide bonds. The summed E-state index contributed by atoms with van der Waals surface area (Å²) in [5.41, 5.74) is 1.18. The minimum Gasteiger partial charge on any atom is -0.480 e. The van der Waals surface area contributed by atoms with Crippen molar-refractivity contribution in [2.75, 3.05) is 6.54 Å². The zero-order valence-electron chi connectivity index (χ0n) is 13.6. The number of fused-ring (bicyclic) bond motifs is 1. The van der Waals surface area contributed by atoms with E-state index in [-0.39, 0.29) is 6.04 Å². The molecule has 0 saturated carbocycles. The van der Waals surface area contributed by atoms with Gasteiger partial charge in [0, 0.05) is 11.4 Å². The lowest BCUT2D eigenvalue weighted by atomic mass is 9.96. The highest BCUT2D eigenvalue weighted by molar-refractivity contribution is 9.11. The molecule has 3 nitrogen and oxygen atoms in total. The molecule has 0 spiro atoms. The topological polar surface area (TPSA) is 40.5 Å². The Morgan fingerprint density at radius 3 is 2.72 bits per heavy atom. The molecule has 0 aliphatic carbocycles. The number of aliphatic carboxylic acids is 1. The molecule has 1 fully saturated rings. The normalized spacial score (nSPS) is 19.3. The van der Waals surface area contributed by atoms with Gasteiger partial charge in [0.05, 0.1) is 9.83 Å². The molecular weight excluding hydrogens is 398 g/mol. The molecule has 128 valence electrons. The van der Waals surface area contributed by atoms with Gasteiger partial charge in [-0.2, -0.15) is 0 Å². The molecule has 1 N–H and O–H groups in total. The standard InChI is InChI=1S/C20H18BrNO2S/c21-18-11-10-17(25-18)19(22-12-4-9-16(22)20(23)24)15-8-3-6-13-5-1-2-7-14(13)15/h1-3,5-8,10-11,16,19H,4,9,12H2,(H,23,24). The second-order valence-electron chi connectivity index (χ2n) is 6.35. The first kappa shape index (κ1) is 16.8. The van der Waals surface area contributed by atoms with Crippen LogP contribution in [-0.4, -0.2) is 28.6 Å². The molecular formula is C20H18BrNO2S. The number of benzene rings is 2. The van der Waals surface area contributed by atoms with Crippen LogP contribution in [0, 0.1) is 0 Å². The zero-order valence-corrected chi connectivity index (χ0v) is 16.0. The summed E-state index contributed by atoms with van der Waals surface area (Å²) in [5, 5.41) is 12.1. The second-order valence-corrected chi connectivity index (χ2v) is 8.84. The molecule has 2 atom stereocenters. The fourth-order valence-corrected chi connectivity index (χ4v) is 5.39. The van der Waals surface area contributed by atoms with Crippen LogP contribution in [0.3, 0.4) is 0 Å². The fraction of sp³-hybridized carbons (Fsp3) is 0.250. The molecule has 1 aromatic heterocycles. The van der Waals surface area contributed by atoms with Crippen molar-refractivity contribution in [1.29, 1.82) is 0 Å². The largest absolute Gasteiger partial charge is 0.480 e. The average Bonchev–Trinajstić information content (AvgIpc) is 3.25. The number of carbonyl (C=O) groups is 1. The van der Waals surface area contributed by atoms with Crippen LogP contribution in [-0.2, 0) is 4.79 Å². The molecule has 1 aliphatic rings. The third-order valence-electron chi connectivity index (χ3n) is 4.89. The van der Waals surface area contributed by atoms with Crippen molar-refractivity contribution in [3.63, 3.8) is 0 Å². The van der Waals surface area contributed by atoms with Gasteiger partial charge in [-0.3, -0.25) is 9.69 Å². The number of hydrogen-bond acceptors (Lipinski definition) is 3. The van der Waals surface area contributed by atoms with E-state index in [1.807, 2.05) is 18.2 Å². The van der Waals surface area contributed by atoms with Crippen LogP contribution >= 0.6 is 27.3 Å². The Kier molecular flexibility index (Phi) is 4.63. The number of carboxylic acid groups (broad SMARTS) is 1. The van der Waals surface area contributed by atoms with E-state index in [9.17, 15) is 9.90 Å². The summed E-state index contributed by atoms with van der Waals surface area (Å²) in [6, 6.07) is 18.3. The summed E-state index contributed by atoms with van der Waals surface area (Å²) in [5.74, 6) is -0.724. The number of nitrogens with zero attached hydrogens (tertiary/aromatic N) is 1. The van der Waals surface area contributed by atoms with Crippen LogP contribution in [0.5, 0.6) is 0 Å². The van der Waals surface area contributed by atoms with Crippen LogP contribution in [0.25, 0.3) is 10.8 Å². The number of carboxylic acids is 1. The van der Waals surface area contributed by atoms with Crippen LogP contribution in [0.2, 0.25) is 0 Å². The molecule has 2 unspecified atom stereocenters. The van der Waals surface area contributed by atoms with Gasteiger partial charge in [-0.15, -0.1) is 11.3 Å². The number of halogens is 1. The van der Waals surface area contributed by atoms with Gasteiger partial charge in [0.25, 0.3) is 0 Å². The highest BCUT2D eigenvalue weighted by atomic mass is 79.9. The Morgan fingerprint density at radius 2 is 1.96 bits per heavy atom. The van der Waals surface area contributed by atoms with Gasteiger partial charge in [0.1, 0.15) is 6.04 Å². The maximum absolute atomic E-state index is 11.8. The maximum Gasteiger partial charge on any atom is 0.320 e. The first-order valence-electron chi connectivity index (χ1n) is 8.36. The summed E-state index contributed by atoms with van der Waals surface area (Å²) in [6.07, 6.45) is 1.63. The van der Waals surface area contributed by atoms with Crippen molar-refractivity contribution in [2.24, 2.45) is 0 Å². The number of likely N-dealkylation sites (tertiary alicyclic amines) is 1. The van der Waals surface area contributed by atoms with Gasteiger partial charge in [-0.1, -0.05) is 42.5 Å². The number of thiophene rings is 1. The van der Waals surface area contributed by atoms with Crippen molar-refractivity contribution < 1.29 is 9.90 Å². The van der Waals surface area contributed by atoms with Crippen molar-refractivity contribution in [3.05, 3.63) is 68.8 Å². The highest BCUT2D eigenvalue weighted by Crippen LogP contribution is 2.41. The van der Waals surface area contributed by atoms with Gasteiger partial charge in [-0.05, 0) is 57.2 Å². The van der Waals surface area contributed by atoms with E-state index < -0.39 is 12.0 Å². The van der Waals surface area contributed by atoms with Gasteiger partial charge in [0.2, 0.25) is 0 Å². The van der Waals surface area contributed by atoms with Crippen LogP contribution in [0.1, 0.15) is 29.3 Å². The lowest BCUT2D eigenvalue weighted by Gasteiger charge is -2.31.